The third-order valence-corrected chi connectivity index (χ3v) is 4.10. The van der Waals surface area contributed by atoms with Crippen LogP contribution in [0.25, 0.3) is 0 Å². The summed E-state index contributed by atoms with van der Waals surface area (Å²) in [6.45, 7) is 7.98. The van der Waals surface area contributed by atoms with Crippen molar-refractivity contribution >= 4 is 6.21 Å². The fourth-order valence-corrected chi connectivity index (χ4v) is 3.23. The zero-order chi connectivity index (χ0) is 15.7. The molecule has 0 N–H and O–H groups in total. The van der Waals surface area contributed by atoms with Crippen molar-refractivity contribution in [1.29, 1.82) is 0 Å². The first-order chi connectivity index (χ1) is 9.74. The van der Waals surface area contributed by atoms with Crippen molar-refractivity contribution in [3.8, 4) is 5.75 Å². The monoisotopic (exact) mass is 289 g/mol. The van der Waals surface area contributed by atoms with Crippen LogP contribution in [0.15, 0.2) is 29.3 Å². The highest BCUT2D eigenvalue weighted by Crippen LogP contribution is 2.38. The maximum absolute atomic E-state index is 12.3. The molecule has 1 aromatic carbocycles. The van der Waals surface area contributed by atoms with Crippen LogP contribution in [0.4, 0.5) is 0 Å². The number of aliphatic imine (C=N–C) groups is 1. The predicted octanol–water partition coefficient (Wildman–Crippen LogP) is 3.48. The van der Waals surface area contributed by atoms with E-state index in [0.717, 1.165) is 24.2 Å². The largest absolute Gasteiger partial charge is 0.497 e. The number of hydrogen-bond donors (Lipinski definition) is 0. The molecule has 0 bridgehead atoms. The minimum atomic E-state index is -0.377. The molecule has 0 saturated carbocycles. The first-order valence-corrected chi connectivity index (χ1v) is 7.39. The van der Waals surface area contributed by atoms with Crippen molar-refractivity contribution < 1.29 is 9.94 Å². The maximum atomic E-state index is 12.3. The van der Waals surface area contributed by atoms with Crippen molar-refractivity contribution in [2.24, 2.45) is 4.99 Å². The number of piperidine rings is 1. The molecular weight excluding hydrogens is 264 g/mol. The summed E-state index contributed by atoms with van der Waals surface area (Å²) in [6, 6.07) is 8.01. The highest BCUT2D eigenvalue weighted by atomic mass is 16.5. The average molecular weight is 289 g/mol. The van der Waals surface area contributed by atoms with Gasteiger partial charge in [-0.2, -0.15) is 0 Å². The molecule has 1 heterocycles. The van der Waals surface area contributed by atoms with Gasteiger partial charge in [-0.15, -0.1) is 10.3 Å². The van der Waals surface area contributed by atoms with Gasteiger partial charge in [0.2, 0.25) is 0 Å². The molecule has 0 aromatic heterocycles. The van der Waals surface area contributed by atoms with E-state index in [9.17, 15) is 5.21 Å². The lowest BCUT2D eigenvalue weighted by Gasteiger charge is -2.48. The first-order valence-electron chi connectivity index (χ1n) is 7.39. The zero-order valence-corrected chi connectivity index (χ0v) is 13.6. The second-order valence-electron chi connectivity index (χ2n) is 7.04. The second kappa shape index (κ2) is 5.78. The molecule has 1 radical (unpaired) electrons. The third-order valence-electron chi connectivity index (χ3n) is 4.10. The van der Waals surface area contributed by atoms with Crippen LogP contribution >= 0.6 is 0 Å². The highest BCUT2D eigenvalue weighted by molar-refractivity contribution is 5.80. The van der Waals surface area contributed by atoms with Gasteiger partial charge in [-0.25, -0.2) is 0 Å². The van der Waals surface area contributed by atoms with E-state index in [1.54, 1.807) is 7.11 Å². The molecule has 1 aromatic rings. The Morgan fingerprint density at radius 3 is 2.43 bits per heavy atom. The Labute approximate surface area is 127 Å². The van der Waals surface area contributed by atoms with E-state index in [0.29, 0.717) is 0 Å². The van der Waals surface area contributed by atoms with Gasteiger partial charge >= 0.3 is 0 Å². The fraction of sp³-hybridized carbons (Fsp3) is 0.588. The number of nitrogens with zero attached hydrogens (tertiary/aromatic N) is 2. The minimum Gasteiger partial charge on any atom is -0.497 e. The first kappa shape index (κ1) is 16.0. The normalized spacial score (nSPS) is 22.6. The Morgan fingerprint density at radius 1 is 1.24 bits per heavy atom. The standard InChI is InChI=1S/C17H25N2O2/c1-16(2)10-14(11-17(3,4)19(16)20)18-12-13-7-6-8-15(9-13)21-5/h6-9,12,14H,10-11H2,1-5H3. The van der Waals surface area contributed by atoms with E-state index >= 15 is 0 Å². The lowest BCUT2D eigenvalue weighted by atomic mass is 9.79. The fourth-order valence-electron chi connectivity index (χ4n) is 3.23. The number of ether oxygens (including phenoxy) is 1. The molecule has 1 saturated heterocycles. The van der Waals surface area contributed by atoms with Gasteiger partial charge in [0.25, 0.3) is 0 Å². The molecule has 1 fully saturated rings. The molecule has 4 heteroatoms. The Bertz CT molecular complexity index is 505. The van der Waals surface area contributed by atoms with Gasteiger partial charge in [-0.3, -0.25) is 4.99 Å². The van der Waals surface area contributed by atoms with Crippen LogP contribution in [0.5, 0.6) is 5.75 Å². The minimum absolute atomic E-state index is 0.173. The molecule has 0 spiro atoms. The van der Waals surface area contributed by atoms with E-state index in [2.05, 4.69) is 0 Å². The Balaban J connectivity index is 2.14. The molecule has 0 unspecified atom stereocenters. The van der Waals surface area contributed by atoms with Crippen LogP contribution in [0.3, 0.4) is 0 Å². The molecule has 4 nitrogen and oxygen atoms in total. The van der Waals surface area contributed by atoms with E-state index < -0.39 is 0 Å². The van der Waals surface area contributed by atoms with Crippen LogP contribution in [0, 0.1) is 0 Å². The predicted molar refractivity (Wildman–Crippen MR) is 84.3 cm³/mol. The number of methoxy groups -OCH3 is 1. The molecule has 1 aliphatic rings. The summed E-state index contributed by atoms with van der Waals surface area (Å²) in [5.74, 6) is 0.828. The van der Waals surface area contributed by atoms with Gasteiger partial charge in [0.15, 0.2) is 0 Å². The smallest absolute Gasteiger partial charge is 0.119 e. The van der Waals surface area contributed by atoms with Crippen molar-refractivity contribution in [2.45, 2.75) is 57.7 Å². The topological polar surface area (TPSA) is 44.7 Å². The maximum Gasteiger partial charge on any atom is 0.119 e. The third kappa shape index (κ3) is 3.63. The summed E-state index contributed by atoms with van der Waals surface area (Å²) in [4.78, 5) is 4.71. The SMILES string of the molecule is COc1cccc(C=NC2CC(C)(C)N([O])C(C)(C)C2)c1. The van der Waals surface area contributed by atoms with E-state index in [1.807, 2.05) is 58.2 Å². The summed E-state index contributed by atoms with van der Waals surface area (Å²) in [5.41, 5.74) is 0.269. The summed E-state index contributed by atoms with van der Waals surface area (Å²) < 4.78 is 5.22. The van der Waals surface area contributed by atoms with Crippen LogP contribution in [-0.4, -0.2) is 35.5 Å². The Morgan fingerprint density at radius 2 is 1.86 bits per heavy atom. The van der Waals surface area contributed by atoms with Gasteiger partial charge < -0.3 is 4.74 Å². The molecule has 2 rings (SSSR count). The van der Waals surface area contributed by atoms with Crippen LogP contribution in [0.1, 0.15) is 46.1 Å². The van der Waals surface area contributed by atoms with Gasteiger partial charge in [0.1, 0.15) is 5.75 Å². The highest BCUT2D eigenvalue weighted by Gasteiger charge is 2.45. The second-order valence-corrected chi connectivity index (χ2v) is 7.04. The summed E-state index contributed by atoms with van der Waals surface area (Å²) in [5, 5.41) is 13.6. The number of rotatable bonds is 3. The van der Waals surface area contributed by atoms with Crippen molar-refractivity contribution in [1.82, 2.24) is 5.06 Å². The lowest BCUT2D eigenvalue weighted by molar-refractivity contribution is -0.288. The van der Waals surface area contributed by atoms with Gasteiger partial charge in [-0.1, -0.05) is 12.1 Å². The van der Waals surface area contributed by atoms with Crippen LogP contribution in [-0.2, 0) is 5.21 Å². The summed E-state index contributed by atoms with van der Waals surface area (Å²) >= 11 is 0. The molecule has 21 heavy (non-hydrogen) atoms. The van der Waals surface area contributed by atoms with E-state index in [1.165, 1.54) is 5.06 Å². The van der Waals surface area contributed by atoms with E-state index in [-0.39, 0.29) is 17.1 Å². The Hall–Kier alpha value is -1.39. The molecule has 0 aliphatic carbocycles. The van der Waals surface area contributed by atoms with Gasteiger partial charge in [0.05, 0.1) is 13.2 Å². The number of hydroxylamine groups is 2. The van der Waals surface area contributed by atoms with E-state index in [4.69, 9.17) is 9.73 Å². The van der Waals surface area contributed by atoms with Gasteiger partial charge in [-0.05, 0) is 58.2 Å². The van der Waals surface area contributed by atoms with Gasteiger partial charge in [0, 0.05) is 17.3 Å². The zero-order valence-electron chi connectivity index (χ0n) is 13.6. The summed E-state index contributed by atoms with van der Waals surface area (Å²) in [7, 11) is 1.66. The molecule has 0 amide bonds. The quantitative estimate of drug-likeness (QED) is 0.800. The molecular formula is C17H25N2O2. The van der Waals surface area contributed by atoms with Crippen LogP contribution < -0.4 is 4.74 Å². The Kier molecular flexibility index (Phi) is 4.40. The van der Waals surface area contributed by atoms with Crippen LogP contribution in [0.2, 0.25) is 0 Å². The number of hydrogen-bond acceptors (Lipinski definition) is 3. The van der Waals surface area contributed by atoms with Crippen molar-refractivity contribution in [2.75, 3.05) is 7.11 Å². The molecule has 0 atom stereocenters. The average Bonchev–Trinajstić information content (AvgIpc) is 2.42. The molecule has 115 valence electrons. The summed E-state index contributed by atoms with van der Waals surface area (Å²) in [6.07, 6.45) is 3.45. The lowest BCUT2D eigenvalue weighted by Crippen LogP contribution is -2.59. The molecule has 1 aliphatic heterocycles. The van der Waals surface area contributed by atoms with Crippen molar-refractivity contribution in [3.63, 3.8) is 0 Å². The number of benzene rings is 1. The van der Waals surface area contributed by atoms with Crippen molar-refractivity contribution in [3.05, 3.63) is 29.8 Å².